The van der Waals surface area contributed by atoms with Crippen molar-refractivity contribution in [1.82, 2.24) is 4.90 Å². The van der Waals surface area contributed by atoms with E-state index in [0.29, 0.717) is 17.9 Å². The zero-order chi connectivity index (χ0) is 24.5. The van der Waals surface area contributed by atoms with Gasteiger partial charge < -0.3 is 19.7 Å². The molecule has 35 heavy (non-hydrogen) atoms. The lowest BCUT2D eigenvalue weighted by atomic mass is 9.86. The summed E-state index contributed by atoms with van der Waals surface area (Å²) in [4.78, 5) is 2.16. The summed E-state index contributed by atoms with van der Waals surface area (Å²) in [6.45, 7) is 4.39. The van der Waals surface area contributed by atoms with Crippen LogP contribution in [0.15, 0.2) is 60.7 Å². The molecule has 3 aromatic rings. The molecular formula is C28H27F2NO4. The number of rotatable bonds is 7. The highest BCUT2D eigenvalue weighted by Gasteiger charge is 2.32. The molecule has 5 rings (SSSR count). The van der Waals surface area contributed by atoms with Gasteiger partial charge in [-0.15, -0.1) is 0 Å². The Bertz CT molecular complexity index is 1250. The number of nitrogens with zero attached hydrogens (tertiary/aromatic N) is 1. The number of fused-ring (bicyclic) bond motifs is 1. The molecule has 2 heterocycles. The number of phenols is 2. The summed E-state index contributed by atoms with van der Waals surface area (Å²) in [6.07, 6.45) is -0.629. The van der Waals surface area contributed by atoms with E-state index in [1.54, 1.807) is 18.2 Å². The number of alkyl halides is 1. The van der Waals surface area contributed by atoms with Gasteiger partial charge in [0.15, 0.2) is 11.6 Å². The Labute approximate surface area is 202 Å². The first kappa shape index (κ1) is 23.2. The van der Waals surface area contributed by atoms with Gasteiger partial charge in [0.2, 0.25) is 0 Å². The van der Waals surface area contributed by atoms with Gasteiger partial charge in [-0.2, -0.15) is 0 Å². The van der Waals surface area contributed by atoms with Crippen LogP contribution in [0.4, 0.5) is 8.78 Å². The molecule has 5 nitrogen and oxygen atoms in total. The van der Waals surface area contributed by atoms with E-state index < -0.39 is 11.9 Å². The Hall–Kier alpha value is -3.58. The van der Waals surface area contributed by atoms with Crippen LogP contribution in [0.2, 0.25) is 0 Å². The second kappa shape index (κ2) is 9.58. The van der Waals surface area contributed by atoms with Crippen molar-refractivity contribution in [3.63, 3.8) is 0 Å². The highest BCUT2D eigenvalue weighted by Crippen LogP contribution is 2.48. The van der Waals surface area contributed by atoms with E-state index in [-0.39, 0.29) is 29.8 Å². The van der Waals surface area contributed by atoms with E-state index >= 15 is 0 Å². The number of allylic oxidation sites excluding steroid dienone is 1. The number of likely N-dealkylation sites (tertiary alicyclic amines) is 1. The van der Waals surface area contributed by atoms with Crippen LogP contribution >= 0.6 is 0 Å². The topological polar surface area (TPSA) is 62.2 Å². The Morgan fingerprint density at radius 2 is 1.80 bits per heavy atom. The fourth-order valence-corrected chi connectivity index (χ4v) is 4.76. The zero-order valence-electron chi connectivity index (χ0n) is 19.4. The van der Waals surface area contributed by atoms with E-state index in [9.17, 15) is 19.0 Å². The third-order valence-electron chi connectivity index (χ3n) is 6.60. The number of benzene rings is 3. The quantitative estimate of drug-likeness (QED) is 0.463. The summed E-state index contributed by atoms with van der Waals surface area (Å²) in [6, 6.07) is 16.8. The van der Waals surface area contributed by atoms with Crippen LogP contribution < -0.4 is 9.47 Å². The lowest BCUT2D eigenvalue weighted by Crippen LogP contribution is -2.49. The van der Waals surface area contributed by atoms with Crippen molar-refractivity contribution in [2.45, 2.75) is 13.0 Å². The third-order valence-corrected chi connectivity index (χ3v) is 6.60. The summed E-state index contributed by atoms with van der Waals surface area (Å²) in [5, 5.41) is 20.0. The summed E-state index contributed by atoms with van der Waals surface area (Å²) in [7, 11) is 0. The fourth-order valence-electron chi connectivity index (χ4n) is 4.76. The average molecular weight is 480 g/mol. The molecule has 2 aliphatic heterocycles. The van der Waals surface area contributed by atoms with Crippen molar-refractivity contribution in [2.24, 2.45) is 5.92 Å². The van der Waals surface area contributed by atoms with Gasteiger partial charge in [0, 0.05) is 42.8 Å². The van der Waals surface area contributed by atoms with E-state index in [1.807, 2.05) is 37.3 Å². The first-order valence-corrected chi connectivity index (χ1v) is 11.6. The Morgan fingerprint density at radius 1 is 1.03 bits per heavy atom. The number of aromatic hydroxyl groups is 2. The van der Waals surface area contributed by atoms with Crippen LogP contribution in [-0.2, 0) is 0 Å². The van der Waals surface area contributed by atoms with Crippen LogP contribution in [0.25, 0.3) is 11.1 Å². The maximum atomic E-state index is 14.7. The predicted octanol–water partition coefficient (Wildman–Crippen LogP) is 5.58. The maximum absolute atomic E-state index is 14.7. The first-order chi connectivity index (χ1) is 16.9. The van der Waals surface area contributed by atoms with Crippen molar-refractivity contribution in [3.05, 3.63) is 83.2 Å². The monoisotopic (exact) mass is 479 g/mol. The Balaban J connectivity index is 1.41. The van der Waals surface area contributed by atoms with Crippen LogP contribution in [0, 0.1) is 11.7 Å². The molecule has 0 aliphatic carbocycles. The number of ether oxygens (including phenoxy) is 2. The second-order valence-electron chi connectivity index (χ2n) is 9.09. The maximum Gasteiger partial charge on any atom is 0.169 e. The smallest absolute Gasteiger partial charge is 0.169 e. The molecule has 1 fully saturated rings. The van der Waals surface area contributed by atoms with Crippen LogP contribution in [0.5, 0.6) is 23.0 Å². The molecular weight excluding hydrogens is 452 g/mol. The van der Waals surface area contributed by atoms with Gasteiger partial charge in [-0.25, -0.2) is 4.39 Å². The summed E-state index contributed by atoms with van der Waals surface area (Å²) in [5.41, 5.74) is 3.52. The highest BCUT2D eigenvalue weighted by atomic mass is 19.1. The van der Waals surface area contributed by atoms with Gasteiger partial charge in [0.25, 0.3) is 0 Å². The Kier molecular flexibility index (Phi) is 6.34. The van der Waals surface area contributed by atoms with E-state index in [2.05, 4.69) is 4.90 Å². The van der Waals surface area contributed by atoms with Gasteiger partial charge >= 0.3 is 0 Å². The number of hydrogen-bond donors (Lipinski definition) is 2. The second-order valence-corrected chi connectivity index (χ2v) is 9.09. The van der Waals surface area contributed by atoms with Crippen molar-refractivity contribution in [1.29, 1.82) is 0 Å². The average Bonchev–Trinajstić information content (AvgIpc) is 2.81. The van der Waals surface area contributed by atoms with Gasteiger partial charge in [-0.05, 0) is 54.0 Å². The molecule has 0 spiro atoms. The number of phenolic OH excluding ortho intramolecular Hbond substituents is 2. The van der Waals surface area contributed by atoms with E-state index in [1.165, 1.54) is 6.07 Å². The molecule has 1 atom stereocenters. The minimum atomic E-state index is -0.639. The van der Waals surface area contributed by atoms with Crippen LogP contribution in [-0.4, -0.2) is 48.0 Å². The molecule has 7 heteroatoms. The first-order valence-electron chi connectivity index (χ1n) is 11.6. The third kappa shape index (κ3) is 4.68. The zero-order valence-corrected chi connectivity index (χ0v) is 19.4. The molecule has 0 radical (unpaired) electrons. The predicted molar refractivity (Wildman–Crippen MR) is 130 cm³/mol. The molecule has 3 aromatic carbocycles. The lowest BCUT2D eigenvalue weighted by molar-refractivity contribution is 0.0668. The molecule has 1 saturated heterocycles. The molecule has 0 amide bonds. The SMILES string of the molecule is CC1=C(c2cccc(O)c2)[C@@H](c2ccc(OCCN3CC(CF)C3)cc2)Oc2c(F)cc(O)cc21. The van der Waals surface area contributed by atoms with Gasteiger partial charge in [0.05, 0.1) is 6.67 Å². The molecule has 0 bridgehead atoms. The highest BCUT2D eigenvalue weighted by molar-refractivity contribution is 5.96. The lowest BCUT2D eigenvalue weighted by Gasteiger charge is -2.37. The summed E-state index contributed by atoms with van der Waals surface area (Å²) < 4.78 is 39.3. The molecule has 0 unspecified atom stereocenters. The molecule has 2 aliphatic rings. The minimum Gasteiger partial charge on any atom is -0.508 e. The van der Waals surface area contributed by atoms with Crippen molar-refractivity contribution in [3.8, 4) is 23.0 Å². The summed E-state index contributed by atoms with van der Waals surface area (Å²) in [5.74, 6) is 0.219. The van der Waals surface area contributed by atoms with Crippen LogP contribution in [0.1, 0.15) is 29.7 Å². The molecule has 2 N–H and O–H groups in total. The minimum absolute atomic E-state index is 0.0793. The van der Waals surface area contributed by atoms with Gasteiger partial charge in [-0.3, -0.25) is 9.29 Å². The molecule has 0 saturated carbocycles. The van der Waals surface area contributed by atoms with Crippen molar-refractivity contribution < 1.29 is 28.5 Å². The van der Waals surface area contributed by atoms with Gasteiger partial charge in [-0.1, -0.05) is 24.3 Å². The Morgan fingerprint density at radius 3 is 2.51 bits per heavy atom. The fraction of sp³-hybridized carbons (Fsp3) is 0.286. The van der Waals surface area contributed by atoms with Crippen LogP contribution in [0.3, 0.4) is 0 Å². The number of halogens is 2. The largest absolute Gasteiger partial charge is 0.508 e. The summed E-state index contributed by atoms with van der Waals surface area (Å²) >= 11 is 0. The van der Waals surface area contributed by atoms with E-state index in [0.717, 1.165) is 48.0 Å². The van der Waals surface area contributed by atoms with Gasteiger partial charge in [0.1, 0.15) is 30.0 Å². The molecule has 0 aromatic heterocycles. The van der Waals surface area contributed by atoms with Crippen molar-refractivity contribution in [2.75, 3.05) is 32.9 Å². The standard InChI is InChI=1S/C28H27F2NO4/c1-17-24-12-22(33)13-25(30)28(24)35-27(26(17)20-3-2-4-21(32)11-20)19-5-7-23(8-6-19)34-10-9-31-15-18(14-29)16-31/h2-8,11-13,18,27,32-33H,9-10,14-16H2,1H3/t27-/m1/s1. The molecule has 182 valence electrons. The van der Waals surface area contributed by atoms with E-state index in [4.69, 9.17) is 9.47 Å². The normalized spacial score (nSPS) is 18.1. The van der Waals surface area contributed by atoms with Crippen molar-refractivity contribution >= 4 is 11.1 Å². The number of hydrogen-bond acceptors (Lipinski definition) is 5.